The molecule has 4 rings (SSSR count). The largest absolute Gasteiger partial charge is 0.497 e. The number of ether oxygens (including phenoxy) is 1. The molecule has 1 aliphatic heterocycles. The average molecular weight is 341 g/mol. The molecule has 0 aliphatic carbocycles. The molecular weight excluding hydrogens is 324 g/mol. The van der Waals surface area contributed by atoms with Crippen molar-refractivity contribution in [2.45, 2.75) is 18.5 Å². The monoisotopic (exact) mass is 340 g/mol. The van der Waals surface area contributed by atoms with Gasteiger partial charge in [-0.25, -0.2) is 4.68 Å². The molecule has 0 spiro atoms. The van der Waals surface area contributed by atoms with Crippen molar-refractivity contribution in [1.82, 2.24) is 14.8 Å². The van der Waals surface area contributed by atoms with Gasteiger partial charge in [0.15, 0.2) is 0 Å². The third-order valence-electron chi connectivity index (χ3n) is 4.38. The number of methoxy groups -OCH3 is 1. The van der Waals surface area contributed by atoms with Crippen molar-refractivity contribution in [3.8, 4) is 5.75 Å². The van der Waals surface area contributed by atoms with Gasteiger partial charge in [0.2, 0.25) is 5.95 Å². The van der Waals surface area contributed by atoms with Gasteiger partial charge in [-0.15, -0.1) is 0 Å². The maximum atomic E-state index is 6.18. The van der Waals surface area contributed by atoms with Crippen LogP contribution in [0.1, 0.15) is 29.6 Å². The van der Waals surface area contributed by atoms with E-state index in [2.05, 4.69) is 33.6 Å². The smallest absolute Gasteiger partial charge is 0.222 e. The summed E-state index contributed by atoms with van der Waals surface area (Å²) in [5, 5.41) is 8.57. The summed E-state index contributed by atoms with van der Waals surface area (Å²) < 4.78 is 7.16. The van der Waals surface area contributed by atoms with E-state index < -0.39 is 0 Å². The topological polar surface area (TPSA) is 52.0 Å². The van der Waals surface area contributed by atoms with Crippen LogP contribution in [0, 0.1) is 0 Å². The summed E-state index contributed by atoms with van der Waals surface area (Å²) >= 11 is 6.18. The van der Waals surface area contributed by atoms with Crippen LogP contribution < -0.4 is 10.1 Å². The van der Waals surface area contributed by atoms with Gasteiger partial charge in [0.25, 0.3) is 0 Å². The Bertz CT molecular complexity index is 846. The van der Waals surface area contributed by atoms with Gasteiger partial charge in [-0.1, -0.05) is 35.9 Å². The molecule has 0 amide bonds. The van der Waals surface area contributed by atoms with Gasteiger partial charge < -0.3 is 10.1 Å². The number of nitrogens with one attached hydrogen (secondary N) is 1. The molecule has 2 atom stereocenters. The zero-order valence-corrected chi connectivity index (χ0v) is 13.9. The standard InChI is InChI=1S/C18H17ClN4O/c1-24-15-7-5-12(6-8-15)16-10-17(13-3-2-4-14(19)9-13)23-18(22-16)20-11-21-23/h2-9,11,16-17H,10H2,1H3,(H,20,21,22)/t16-,17-/m1/s1. The van der Waals surface area contributed by atoms with Crippen LogP contribution in [0.25, 0.3) is 0 Å². The summed E-state index contributed by atoms with van der Waals surface area (Å²) in [4.78, 5) is 4.35. The first kappa shape index (κ1) is 15.0. The lowest BCUT2D eigenvalue weighted by molar-refractivity contribution is 0.413. The summed E-state index contributed by atoms with van der Waals surface area (Å²) in [5.74, 6) is 1.62. The van der Waals surface area contributed by atoms with Gasteiger partial charge in [-0.2, -0.15) is 10.1 Å². The molecule has 1 aromatic heterocycles. The molecule has 1 N–H and O–H groups in total. The number of anilines is 1. The predicted molar refractivity (Wildman–Crippen MR) is 93.6 cm³/mol. The Labute approximate surface area is 145 Å². The van der Waals surface area contributed by atoms with E-state index in [4.69, 9.17) is 16.3 Å². The lowest BCUT2D eigenvalue weighted by Crippen LogP contribution is -2.28. The van der Waals surface area contributed by atoms with Crippen LogP contribution in [0.3, 0.4) is 0 Å². The number of hydrogen-bond donors (Lipinski definition) is 1. The highest BCUT2D eigenvalue weighted by Gasteiger charge is 2.29. The molecule has 5 nitrogen and oxygen atoms in total. The summed E-state index contributed by atoms with van der Waals surface area (Å²) in [6, 6.07) is 16.3. The highest BCUT2D eigenvalue weighted by Crippen LogP contribution is 2.38. The number of benzene rings is 2. The maximum absolute atomic E-state index is 6.18. The quantitative estimate of drug-likeness (QED) is 0.780. The molecule has 1 aliphatic rings. The van der Waals surface area contributed by atoms with E-state index in [1.54, 1.807) is 13.4 Å². The van der Waals surface area contributed by atoms with E-state index in [9.17, 15) is 0 Å². The third kappa shape index (κ3) is 2.71. The predicted octanol–water partition coefficient (Wildman–Crippen LogP) is 4.09. The second-order valence-corrected chi connectivity index (χ2v) is 6.24. The summed E-state index contributed by atoms with van der Waals surface area (Å²) in [6.07, 6.45) is 2.44. The lowest BCUT2D eigenvalue weighted by Gasteiger charge is -2.32. The number of rotatable bonds is 3. The van der Waals surface area contributed by atoms with E-state index in [1.165, 1.54) is 5.56 Å². The van der Waals surface area contributed by atoms with Crippen LogP contribution in [-0.4, -0.2) is 21.9 Å². The van der Waals surface area contributed by atoms with E-state index in [0.29, 0.717) is 0 Å². The van der Waals surface area contributed by atoms with E-state index in [0.717, 1.165) is 28.7 Å². The third-order valence-corrected chi connectivity index (χ3v) is 4.62. The minimum absolute atomic E-state index is 0.0922. The minimum atomic E-state index is 0.0922. The van der Waals surface area contributed by atoms with Gasteiger partial charge in [0.05, 0.1) is 19.2 Å². The number of fused-ring (bicyclic) bond motifs is 1. The summed E-state index contributed by atoms with van der Waals surface area (Å²) in [5.41, 5.74) is 2.33. The second kappa shape index (κ2) is 6.17. The molecular formula is C18H17ClN4O. The van der Waals surface area contributed by atoms with Crippen molar-refractivity contribution in [1.29, 1.82) is 0 Å². The molecule has 2 heterocycles. The molecule has 0 unspecified atom stereocenters. The van der Waals surface area contributed by atoms with Crippen LogP contribution in [-0.2, 0) is 0 Å². The van der Waals surface area contributed by atoms with Crippen molar-refractivity contribution in [2.75, 3.05) is 12.4 Å². The number of nitrogens with zero attached hydrogens (tertiary/aromatic N) is 3. The van der Waals surface area contributed by atoms with Gasteiger partial charge in [-0.3, -0.25) is 0 Å². The Morgan fingerprint density at radius 1 is 1.17 bits per heavy atom. The highest BCUT2D eigenvalue weighted by molar-refractivity contribution is 6.30. The van der Waals surface area contributed by atoms with Gasteiger partial charge >= 0.3 is 0 Å². The highest BCUT2D eigenvalue weighted by atomic mass is 35.5. The van der Waals surface area contributed by atoms with Crippen LogP contribution in [0.2, 0.25) is 5.02 Å². The normalized spacial score (nSPS) is 19.4. The molecule has 2 aromatic carbocycles. The maximum Gasteiger partial charge on any atom is 0.222 e. The fourth-order valence-electron chi connectivity index (χ4n) is 3.17. The fraction of sp³-hybridized carbons (Fsp3) is 0.222. The van der Waals surface area contributed by atoms with E-state index in [1.807, 2.05) is 35.0 Å². The first-order valence-electron chi connectivity index (χ1n) is 7.80. The first-order valence-corrected chi connectivity index (χ1v) is 8.18. The molecule has 122 valence electrons. The van der Waals surface area contributed by atoms with Crippen molar-refractivity contribution in [3.63, 3.8) is 0 Å². The number of halogens is 1. The molecule has 3 aromatic rings. The van der Waals surface area contributed by atoms with Crippen molar-refractivity contribution in [2.24, 2.45) is 0 Å². The Morgan fingerprint density at radius 3 is 2.75 bits per heavy atom. The van der Waals surface area contributed by atoms with Crippen molar-refractivity contribution in [3.05, 3.63) is 71.0 Å². The van der Waals surface area contributed by atoms with Crippen LogP contribution in [0.4, 0.5) is 5.95 Å². The molecule has 0 bridgehead atoms. The van der Waals surface area contributed by atoms with Crippen LogP contribution in [0.15, 0.2) is 54.9 Å². The first-order chi connectivity index (χ1) is 11.7. The minimum Gasteiger partial charge on any atom is -0.497 e. The second-order valence-electron chi connectivity index (χ2n) is 5.80. The SMILES string of the molecule is COc1ccc([C@H]2C[C@H](c3cccc(Cl)c3)n3ncnc3N2)cc1. The van der Waals surface area contributed by atoms with Crippen molar-refractivity contribution < 1.29 is 4.74 Å². The van der Waals surface area contributed by atoms with E-state index >= 15 is 0 Å². The summed E-state index contributed by atoms with van der Waals surface area (Å²) in [7, 11) is 1.67. The summed E-state index contributed by atoms with van der Waals surface area (Å²) in [6.45, 7) is 0. The molecule has 0 fully saturated rings. The Hall–Kier alpha value is -2.53. The Kier molecular flexibility index (Phi) is 3.86. The fourth-order valence-corrected chi connectivity index (χ4v) is 3.36. The molecule has 0 saturated carbocycles. The van der Waals surface area contributed by atoms with Crippen LogP contribution in [0.5, 0.6) is 5.75 Å². The van der Waals surface area contributed by atoms with Gasteiger partial charge in [0, 0.05) is 5.02 Å². The molecule has 6 heteroatoms. The van der Waals surface area contributed by atoms with Crippen molar-refractivity contribution >= 4 is 17.5 Å². The Balaban J connectivity index is 1.70. The lowest BCUT2D eigenvalue weighted by atomic mass is 9.93. The zero-order chi connectivity index (χ0) is 16.5. The van der Waals surface area contributed by atoms with Gasteiger partial charge in [-0.05, 0) is 41.8 Å². The average Bonchev–Trinajstić information content (AvgIpc) is 3.09. The zero-order valence-electron chi connectivity index (χ0n) is 13.2. The number of aromatic nitrogens is 3. The van der Waals surface area contributed by atoms with Gasteiger partial charge in [0.1, 0.15) is 12.1 Å². The molecule has 0 radical (unpaired) electrons. The van der Waals surface area contributed by atoms with Crippen LogP contribution >= 0.6 is 11.6 Å². The molecule has 0 saturated heterocycles. The molecule has 24 heavy (non-hydrogen) atoms. The number of hydrogen-bond acceptors (Lipinski definition) is 4. The van der Waals surface area contributed by atoms with E-state index in [-0.39, 0.29) is 12.1 Å². The Morgan fingerprint density at radius 2 is 2.00 bits per heavy atom.